The van der Waals surface area contributed by atoms with Crippen molar-refractivity contribution < 1.29 is 29.0 Å². The summed E-state index contributed by atoms with van der Waals surface area (Å²) in [6, 6.07) is 8.01. The topological polar surface area (TPSA) is 162 Å². The molecule has 3 rings (SSSR count). The summed E-state index contributed by atoms with van der Waals surface area (Å²) in [6.45, 7) is 3.33. The molecule has 12 nitrogen and oxygen atoms in total. The molecule has 1 heterocycles. The van der Waals surface area contributed by atoms with Crippen LogP contribution in [0.25, 0.3) is 6.08 Å². The number of benzene rings is 2. The Morgan fingerprint density at radius 2 is 1.75 bits per heavy atom. The molecule has 4 amide bonds. The van der Waals surface area contributed by atoms with E-state index in [0.29, 0.717) is 0 Å². The molecule has 0 bridgehead atoms. The number of imide groups is 2. The first-order valence-electron chi connectivity index (χ1n) is 8.92. The Kier molecular flexibility index (Phi) is 6.05. The highest BCUT2D eigenvalue weighted by atomic mass is 16.6. The van der Waals surface area contributed by atoms with E-state index < -0.39 is 39.1 Å². The summed E-state index contributed by atoms with van der Waals surface area (Å²) in [4.78, 5) is 58.1. The van der Waals surface area contributed by atoms with Gasteiger partial charge in [-0.2, -0.15) is 0 Å². The predicted molar refractivity (Wildman–Crippen MR) is 110 cm³/mol. The van der Waals surface area contributed by atoms with Crippen LogP contribution in [0.2, 0.25) is 0 Å². The Balaban J connectivity index is 2.02. The zero-order valence-corrected chi connectivity index (χ0v) is 16.2. The van der Waals surface area contributed by atoms with Crippen LogP contribution in [-0.2, 0) is 9.59 Å². The number of carbonyl (C=O) groups is 3. The van der Waals surface area contributed by atoms with E-state index in [0.717, 1.165) is 23.1 Å². The van der Waals surface area contributed by atoms with Crippen LogP contribution in [0.3, 0.4) is 0 Å². The van der Waals surface area contributed by atoms with E-state index in [4.69, 9.17) is 4.74 Å². The number of amides is 4. The normalized spacial score (nSPS) is 14.8. The van der Waals surface area contributed by atoms with E-state index in [1.807, 2.05) is 5.32 Å². The molecule has 1 aliphatic heterocycles. The Bertz CT molecular complexity index is 1200. The van der Waals surface area contributed by atoms with Gasteiger partial charge >= 0.3 is 11.7 Å². The van der Waals surface area contributed by atoms with Crippen molar-refractivity contribution in [3.63, 3.8) is 0 Å². The lowest BCUT2D eigenvalue weighted by molar-refractivity contribution is -0.394. The summed E-state index contributed by atoms with van der Waals surface area (Å²) < 4.78 is 5.60. The summed E-state index contributed by atoms with van der Waals surface area (Å²) in [5.74, 6) is -2.02. The van der Waals surface area contributed by atoms with E-state index in [1.165, 1.54) is 24.3 Å². The van der Waals surface area contributed by atoms with Gasteiger partial charge in [-0.25, -0.2) is 4.79 Å². The number of barbiturate groups is 1. The molecular weight excluding hydrogens is 424 g/mol. The van der Waals surface area contributed by atoms with Crippen molar-refractivity contribution in [3.8, 4) is 11.5 Å². The molecular formula is C20H14N4O8. The van der Waals surface area contributed by atoms with Crippen molar-refractivity contribution in [1.82, 2.24) is 10.2 Å². The van der Waals surface area contributed by atoms with Crippen LogP contribution in [0.4, 0.5) is 16.2 Å². The number of hydrogen-bond acceptors (Lipinski definition) is 8. The number of carbonyl (C=O) groups excluding carboxylic acids is 3. The van der Waals surface area contributed by atoms with E-state index in [2.05, 4.69) is 6.58 Å². The average Bonchev–Trinajstić information content (AvgIpc) is 2.75. The summed E-state index contributed by atoms with van der Waals surface area (Å²) in [6.07, 6.45) is 2.49. The molecule has 0 unspecified atom stereocenters. The zero-order chi connectivity index (χ0) is 23.4. The summed E-state index contributed by atoms with van der Waals surface area (Å²) in [5.41, 5.74) is -1.29. The molecule has 162 valence electrons. The lowest BCUT2D eigenvalue weighted by atomic mass is 10.1. The second-order valence-electron chi connectivity index (χ2n) is 6.33. The number of ether oxygens (including phenoxy) is 1. The highest BCUT2D eigenvalue weighted by Gasteiger charge is 2.35. The minimum Gasteiger partial charge on any atom is -0.449 e. The first-order chi connectivity index (χ1) is 15.2. The number of non-ortho nitro benzene ring substituents is 1. The second-order valence-corrected chi connectivity index (χ2v) is 6.33. The number of nitrogens with one attached hydrogen (secondary N) is 1. The van der Waals surface area contributed by atoms with Gasteiger partial charge in [0, 0.05) is 18.2 Å². The van der Waals surface area contributed by atoms with Gasteiger partial charge in [0.15, 0.2) is 0 Å². The number of rotatable bonds is 7. The van der Waals surface area contributed by atoms with Crippen molar-refractivity contribution in [2.75, 3.05) is 6.54 Å². The second kappa shape index (κ2) is 8.87. The number of nitro benzene ring substituents is 2. The summed E-state index contributed by atoms with van der Waals surface area (Å²) >= 11 is 0. The van der Waals surface area contributed by atoms with Gasteiger partial charge in [-0.15, -0.1) is 6.58 Å². The van der Waals surface area contributed by atoms with Gasteiger partial charge in [0.2, 0.25) is 5.75 Å². The van der Waals surface area contributed by atoms with Crippen molar-refractivity contribution >= 4 is 35.3 Å². The fourth-order valence-electron chi connectivity index (χ4n) is 2.80. The van der Waals surface area contributed by atoms with Gasteiger partial charge in [-0.1, -0.05) is 24.3 Å². The Labute approximate surface area is 179 Å². The molecule has 1 N–H and O–H groups in total. The van der Waals surface area contributed by atoms with Gasteiger partial charge < -0.3 is 4.74 Å². The minimum absolute atomic E-state index is 0.0322. The molecule has 2 aromatic rings. The first kappa shape index (κ1) is 21.8. The Morgan fingerprint density at radius 3 is 2.41 bits per heavy atom. The van der Waals surface area contributed by atoms with Crippen LogP contribution in [0.15, 0.2) is 60.7 Å². The van der Waals surface area contributed by atoms with Crippen LogP contribution >= 0.6 is 0 Å². The van der Waals surface area contributed by atoms with Crippen LogP contribution < -0.4 is 10.1 Å². The number of nitrogens with zero attached hydrogens (tertiary/aromatic N) is 3. The molecule has 0 atom stereocenters. The largest absolute Gasteiger partial charge is 0.449 e. The summed E-state index contributed by atoms with van der Waals surface area (Å²) in [5, 5.41) is 24.3. The van der Waals surface area contributed by atoms with E-state index in [-0.39, 0.29) is 29.2 Å². The van der Waals surface area contributed by atoms with Crippen molar-refractivity contribution in [2.24, 2.45) is 0 Å². The van der Waals surface area contributed by atoms with Crippen LogP contribution in [0, 0.1) is 20.2 Å². The van der Waals surface area contributed by atoms with Gasteiger partial charge in [0.05, 0.1) is 15.9 Å². The van der Waals surface area contributed by atoms with Gasteiger partial charge in [-0.3, -0.25) is 40.0 Å². The molecule has 0 aliphatic carbocycles. The van der Waals surface area contributed by atoms with Crippen molar-refractivity contribution in [2.45, 2.75) is 0 Å². The van der Waals surface area contributed by atoms with E-state index >= 15 is 0 Å². The number of hydrogen-bond donors (Lipinski definition) is 1. The lowest BCUT2D eigenvalue weighted by Gasteiger charge is -2.25. The maximum atomic E-state index is 12.6. The highest BCUT2D eigenvalue weighted by Crippen LogP contribution is 2.36. The number of nitro groups is 2. The third-order valence-corrected chi connectivity index (χ3v) is 4.29. The Morgan fingerprint density at radius 1 is 1.03 bits per heavy atom. The monoisotopic (exact) mass is 438 g/mol. The molecule has 0 saturated carbocycles. The van der Waals surface area contributed by atoms with Crippen LogP contribution in [0.5, 0.6) is 11.5 Å². The SMILES string of the molecule is C=CCN1C(=O)NC(=O)/C(=C\c2ccccc2Oc2ccc([N+](=O)[O-])cc2[N+](=O)[O-])C1=O. The quantitative estimate of drug-likeness (QED) is 0.227. The van der Waals surface area contributed by atoms with Crippen molar-refractivity contribution in [1.29, 1.82) is 0 Å². The molecule has 2 aromatic carbocycles. The van der Waals surface area contributed by atoms with Crippen LogP contribution in [0.1, 0.15) is 5.56 Å². The van der Waals surface area contributed by atoms with Gasteiger partial charge in [-0.05, 0) is 18.2 Å². The molecule has 0 spiro atoms. The smallest absolute Gasteiger partial charge is 0.331 e. The van der Waals surface area contributed by atoms with Gasteiger partial charge in [0.25, 0.3) is 17.5 Å². The maximum absolute atomic E-state index is 12.6. The highest BCUT2D eigenvalue weighted by molar-refractivity contribution is 6.31. The maximum Gasteiger partial charge on any atom is 0.331 e. The minimum atomic E-state index is -0.920. The van der Waals surface area contributed by atoms with E-state index in [1.54, 1.807) is 12.1 Å². The molecule has 1 saturated heterocycles. The van der Waals surface area contributed by atoms with Crippen molar-refractivity contribution in [3.05, 3.63) is 86.5 Å². The predicted octanol–water partition coefficient (Wildman–Crippen LogP) is 2.94. The zero-order valence-electron chi connectivity index (χ0n) is 16.2. The molecule has 12 heteroatoms. The number of para-hydroxylation sites is 1. The molecule has 32 heavy (non-hydrogen) atoms. The third-order valence-electron chi connectivity index (χ3n) is 4.29. The number of urea groups is 1. The molecule has 1 fully saturated rings. The molecule has 1 aliphatic rings. The third kappa shape index (κ3) is 4.33. The first-order valence-corrected chi connectivity index (χ1v) is 8.92. The van der Waals surface area contributed by atoms with Crippen LogP contribution in [-0.4, -0.2) is 39.1 Å². The standard InChI is InChI=1S/C20H14N4O8/c1-2-9-22-19(26)14(18(25)21-20(22)27)10-12-5-3-4-6-16(12)32-17-8-7-13(23(28)29)11-15(17)24(30)31/h2-8,10-11H,1,9H2,(H,21,25,27)/b14-10+. The fourth-order valence-corrected chi connectivity index (χ4v) is 2.80. The molecule has 0 aromatic heterocycles. The van der Waals surface area contributed by atoms with Gasteiger partial charge in [0.1, 0.15) is 11.3 Å². The summed E-state index contributed by atoms with van der Waals surface area (Å²) in [7, 11) is 0. The fraction of sp³-hybridized carbons (Fsp3) is 0.0500. The average molecular weight is 438 g/mol. The Hall–Kier alpha value is -4.87. The lowest BCUT2D eigenvalue weighted by Crippen LogP contribution is -2.54. The molecule has 0 radical (unpaired) electrons. The van der Waals surface area contributed by atoms with E-state index in [9.17, 15) is 34.6 Å².